The van der Waals surface area contributed by atoms with Crippen LogP contribution in [0.5, 0.6) is 0 Å². The predicted molar refractivity (Wildman–Crippen MR) is 67.8 cm³/mol. The molecule has 0 atom stereocenters. The number of hydrogen-bond acceptors (Lipinski definition) is 1. The monoisotopic (exact) mass is 285 g/mol. The van der Waals surface area contributed by atoms with Gasteiger partial charge in [0.25, 0.3) is 0 Å². The van der Waals surface area contributed by atoms with E-state index in [2.05, 4.69) is 27.8 Å². The second kappa shape index (κ2) is 5.28. The van der Waals surface area contributed by atoms with Crippen LogP contribution < -0.4 is 0 Å². The van der Waals surface area contributed by atoms with Crippen molar-refractivity contribution in [2.75, 3.05) is 13.1 Å². The minimum atomic E-state index is -0.108. The van der Waals surface area contributed by atoms with Crippen molar-refractivity contribution >= 4 is 15.9 Å². The molecule has 0 aliphatic heterocycles. The lowest BCUT2D eigenvalue weighted by molar-refractivity contribution is 0.264. The average molecular weight is 286 g/mol. The van der Waals surface area contributed by atoms with Crippen LogP contribution in [0.2, 0.25) is 0 Å². The third-order valence-corrected chi connectivity index (χ3v) is 3.56. The molecule has 0 amide bonds. The van der Waals surface area contributed by atoms with Crippen LogP contribution in [0.1, 0.15) is 25.3 Å². The Morgan fingerprint density at radius 1 is 1.44 bits per heavy atom. The summed E-state index contributed by atoms with van der Waals surface area (Å²) in [5, 5.41) is 0. The van der Waals surface area contributed by atoms with Crippen molar-refractivity contribution in [2.45, 2.75) is 26.3 Å². The van der Waals surface area contributed by atoms with Gasteiger partial charge in [-0.1, -0.05) is 28.9 Å². The predicted octanol–water partition coefficient (Wildman–Crippen LogP) is 3.82. The van der Waals surface area contributed by atoms with Crippen LogP contribution in [0.15, 0.2) is 22.7 Å². The molecule has 88 valence electrons. The molecule has 0 bridgehead atoms. The molecule has 1 saturated carbocycles. The summed E-state index contributed by atoms with van der Waals surface area (Å²) in [5.74, 6) is 0.752. The molecule has 0 radical (unpaired) electrons. The maximum absolute atomic E-state index is 13.6. The molecule has 1 aromatic carbocycles. The molecule has 0 heterocycles. The van der Waals surface area contributed by atoms with Crippen LogP contribution in [-0.4, -0.2) is 18.0 Å². The Labute approximate surface area is 105 Å². The zero-order valence-corrected chi connectivity index (χ0v) is 11.1. The van der Waals surface area contributed by atoms with Crippen molar-refractivity contribution < 1.29 is 4.39 Å². The van der Waals surface area contributed by atoms with E-state index in [1.54, 1.807) is 6.07 Å². The Morgan fingerprint density at radius 2 is 2.19 bits per heavy atom. The molecule has 3 heteroatoms. The van der Waals surface area contributed by atoms with E-state index in [4.69, 9.17) is 0 Å². The fourth-order valence-electron chi connectivity index (χ4n) is 1.86. The van der Waals surface area contributed by atoms with Gasteiger partial charge >= 0.3 is 0 Å². The van der Waals surface area contributed by atoms with Crippen molar-refractivity contribution in [3.05, 3.63) is 34.1 Å². The fourth-order valence-corrected chi connectivity index (χ4v) is 2.19. The zero-order chi connectivity index (χ0) is 11.5. The van der Waals surface area contributed by atoms with Gasteiger partial charge in [-0.2, -0.15) is 0 Å². The van der Waals surface area contributed by atoms with Crippen LogP contribution in [0, 0.1) is 11.7 Å². The topological polar surface area (TPSA) is 3.24 Å². The van der Waals surface area contributed by atoms with Gasteiger partial charge in [-0.15, -0.1) is 0 Å². The number of rotatable bonds is 5. The molecule has 16 heavy (non-hydrogen) atoms. The van der Waals surface area contributed by atoms with Crippen LogP contribution >= 0.6 is 15.9 Å². The van der Waals surface area contributed by atoms with E-state index in [9.17, 15) is 4.39 Å². The van der Waals surface area contributed by atoms with Crippen molar-refractivity contribution in [1.29, 1.82) is 0 Å². The Kier molecular flexibility index (Phi) is 3.98. The second-order valence-electron chi connectivity index (χ2n) is 4.51. The molecule has 0 aromatic heterocycles. The van der Waals surface area contributed by atoms with Gasteiger partial charge in [-0.05, 0) is 37.4 Å². The van der Waals surface area contributed by atoms with Gasteiger partial charge in [0.05, 0.1) is 0 Å². The van der Waals surface area contributed by atoms with E-state index in [0.717, 1.165) is 35.6 Å². The summed E-state index contributed by atoms with van der Waals surface area (Å²) in [5.41, 5.74) is 0.797. The zero-order valence-electron chi connectivity index (χ0n) is 9.55. The molecule has 0 unspecified atom stereocenters. The number of hydrogen-bond donors (Lipinski definition) is 0. The maximum atomic E-state index is 13.6. The highest BCUT2D eigenvalue weighted by Gasteiger charge is 2.23. The largest absolute Gasteiger partial charge is 0.299 e. The molecular weight excluding hydrogens is 269 g/mol. The molecule has 1 nitrogen and oxygen atoms in total. The first-order valence-electron chi connectivity index (χ1n) is 5.85. The Bertz CT molecular complexity index is 363. The molecule has 0 spiro atoms. The molecule has 1 aromatic rings. The second-order valence-corrected chi connectivity index (χ2v) is 5.42. The summed E-state index contributed by atoms with van der Waals surface area (Å²) in [6.07, 6.45) is 2.69. The summed E-state index contributed by atoms with van der Waals surface area (Å²) >= 11 is 3.28. The highest BCUT2D eigenvalue weighted by Crippen LogP contribution is 2.30. The van der Waals surface area contributed by atoms with E-state index >= 15 is 0 Å². The minimum Gasteiger partial charge on any atom is -0.299 e. The highest BCUT2D eigenvalue weighted by atomic mass is 79.9. The van der Waals surface area contributed by atoms with Gasteiger partial charge in [-0.3, -0.25) is 4.90 Å². The Morgan fingerprint density at radius 3 is 2.75 bits per heavy atom. The van der Waals surface area contributed by atoms with E-state index in [-0.39, 0.29) is 5.82 Å². The molecule has 1 aliphatic rings. The van der Waals surface area contributed by atoms with Crippen LogP contribution in [0.4, 0.5) is 4.39 Å². The molecule has 1 aliphatic carbocycles. The normalized spacial score (nSPS) is 15.8. The van der Waals surface area contributed by atoms with Crippen molar-refractivity contribution in [3.8, 4) is 0 Å². The van der Waals surface area contributed by atoms with E-state index in [0.29, 0.717) is 0 Å². The standard InChI is InChI=1S/C13H17BrFN/c1-2-16(8-10-3-4-10)9-11-5-6-12(14)7-13(11)15/h5-7,10H,2-4,8-9H2,1H3. The lowest BCUT2D eigenvalue weighted by Gasteiger charge is -2.20. The number of nitrogens with zero attached hydrogens (tertiary/aromatic N) is 1. The van der Waals surface area contributed by atoms with E-state index in [1.165, 1.54) is 12.8 Å². The Hall–Kier alpha value is -0.410. The van der Waals surface area contributed by atoms with Gasteiger partial charge in [0.2, 0.25) is 0 Å². The molecule has 0 N–H and O–H groups in total. The van der Waals surface area contributed by atoms with Gasteiger partial charge in [0, 0.05) is 23.1 Å². The summed E-state index contributed by atoms with van der Waals surface area (Å²) in [7, 11) is 0. The van der Waals surface area contributed by atoms with Crippen molar-refractivity contribution in [1.82, 2.24) is 4.90 Å². The lowest BCUT2D eigenvalue weighted by Crippen LogP contribution is -2.25. The minimum absolute atomic E-state index is 0.108. The van der Waals surface area contributed by atoms with Crippen LogP contribution in [0.25, 0.3) is 0 Å². The number of halogens is 2. The smallest absolute Gasteiger partial charge is 0.128 e. The third-order valence-electron chi connectivity index (χ3n) is 3.07. The quantitative estimate of drug-likeness (QED) is 0.795. The lowest BCUT2D eigenvalue weighted by atomic mass is 10.2. The van der Waals surface area contributed by atoms with Gasteiger partial charge in [-0.25, -0.2) is 4.39 Å². The van der Waals surface area contributed by atoms with Crippen LogP contribution in [-0.2, 0) is 6.54 Å². The van der Waals surface area contributed by atoms with Crippen molar-refractivity contribution in [3.63, 3.8) is 0 Å². The summed E-state index contributed by atoms with van der Waals surface area (Å²) < 4.78 is 14.4. The van der Waals surface area contributed by atoms with Crippen molar-refractivity contribution in [2.24, 2.45) is 5.92 Å². The third kappa shape index (κ3) is 3.29. The first-order valence-corrected chi connectivity index (χ1v) is 6.64. The van der Waals surface area contributed by atoms with Gasteiger partial charge < -0.3 is 0 Å². The Balaban J connectivity index is 1.99. The van der Waals surface area contributed by atoms with Crippen LogP contribution in [0.3, 0.4) is 0 Å². The summed E-state index contributed by atoms with van der Waals surface area (Å²) in [4.78, 5) is 2.32. The average Bonchev–Trinajstić information content (AvgIpc) is 3.04. The van der Waals surface area contributed by atoms with E-state index < -0.39 is 0 Å². The molecular formula is C13H17BrFN. The molecule has 1 fully saturated rings. The maximum Gasteiger partial charge on any atom is 0.128 e. The van der Waals surface area contributed by atoms with Gasteiger partial charge in [0.15, 0.2) is 0 Å². The molecule has 2 rings (SSSR count). The molecule has 0 saturated heterocycles. The highest BCUT2D eigenvalue weighted by molar-refractivity contribution is 9.10. The van der Waals surface area contributed by atoms with E-state index in [1.807, 2.05) is 12.1 Å². The first-order chi connectivity index (χ1) is 7.69. The fraction of sp³-hybridized carbons (Fsp3) is 0.538. The summed E-state index contributed by atoms with van der Waals surface area (Å²) in [6, 6.07) is 5.32. The van der Waals surface area contributed by atoms with Gasteiger partial charge in [0.1, 0.15) is 5.82 Å². The number of benzene rings is 1. The first kappa shape index (κ1) is 12.1. The SMILES string of the molecule is CCN(Cc1ccc(Br)cc1F)CC1CC1. The summed E-state index contributed by atoms with van der Waals surface area (Å²) in [6.45, 7) is 4.98.